The highest BCUT2D eigenvalue weighted by molar-refractivity contribution is 4.78. The van der Waals surface area contributed by atoms with Gasteiger partial charge in [-0.25, -0.2) is 0 Å². The van der Waals surface area contributed by atoms with Gasteiger partial charge in [0.1, 0.15) is 0 Å². The van der Waals surface area contributed by atoms with E-state index in [2.05, 4.69) is 11.9 Å². The van der Waals surface area contributed by atoms with E-state index in [0.717, 1.165) is 26.1 Å². The van der Waals surface area contributed by atoms with Gasteiger partial charge in [0.25, 0.3) is 0 Å². The van der Waals surface area contributed by atoms with Crippen molar-refractivity contribution in [1.29, 1.82) is 0 Å². The average molecular weight is 158 g/mol. The standard InChI is InChI=1S/C8H18N2O/c1-10-3-2-7(4-9)8(5-10)6-11/h7-8,11H,2-6,9H2,1H3/t7?,8-/m1/s1. The molecule has 0 amide bonds. The molecule has 1 rings (SSSR count). The summed E-state index contributed by atoms with van der Waals surface area (Å²) in [6, 6.07) is 0. The molecule has 66 valence electrons. The van der Waals surface area contributed by atoms with E-state index in [1.807, 2.05) is 0 Å². The van der Waals surface area contributed by atoms with Crippen LogP contribution in [0, 0.1) is 11.8 Å². The van der Waals surface area contributed by atoms with Gasteiger partial charge in [0.05, 0.1) is 0 Å². The molecule has 0 saturated carbocycles. The second kappa shape index (κ2) is 4.04. The lowest BCUT2D eigenvalue weighted by Crippen LogP contribution is -2.42. The molecular weight excluding hydrogens is 140 g/mol. The van der Waals surface area contributed by atoms with Crippen LogP contribution in [0.1, 0.15) is 6.42 Å². The molecule has 3 nitrogen and oxygen atoms in total. The fraction of sp³-hybridized carbons (Fsp3) is 1.00. The molecule has 1 saturated heterocycles. The van der Waals surface area contributed by atoms with E-state index >= 15 is 0 Å². The maximum absolute atomic E-state index is 9.03. The van der Waals surface area contributed by atoms with Gasteiger partial charge < -0.3 is 15.7 Å². The van der Waals surface area contributed by atoms with Gasteiger partial charge in [0.2, 0.25) is 0 Å². The molecule has 0 bridgehead atoms. The predicted octanol–water partition coefficient (Wildman–Crippen LogP) is -0.495. The van der Waals surface area contributed by atoms with Crippen molar-refractivity contribution in [2.75, 3.05) is 33.3 Å². The summed E-state index contributed by atoms with van der Waals surface area (Å²) in [5.41, 5.74) is 5.59. The molecule has 1 unspecified atom stereocenters. The Kier molecular flexibility index (Phi) is 3.30. The van der Waals surface area contributed by atoms with E-state index in [0.29, 0.717) is 11.8 Å². The second-order valence-electron chi connectivity index (χ2n) is 3.49. The van der Waals surface area contributed by atoms with Crippen molar-refractivity contribution >= 4 is 0 Å². The van der Waals surface area contributed by atoms with Crippen LogP contribution in [0.5, 0.6) is 0 Å². The quantitative estimate of drug-likeness (QED) is 0.570. The summed E-state index contributed by atoms with van der Waals surface area (Å²) < 4.78 is 0. The molecule has 1 fully saturated rings. The predicted molar refractivity (Wildman–Crippen MR) is 45.2 cm³/mol. The van der Waals surface area contributed by atoms with Gasteiger partial charge in [0, 0.05) is 13.2 Å². The summed E-state index contributed by atoms with van der Waals surface area (Å²) in [7, 11) is 2.09. The summed E-state index contributed by atoms with van der Waals surface area (Å²) in [5, 5.41) is 9.03. The number of hydrogen-bond acceptors (Lipinski definition) is 3. The van der Waals surface area contributed by atoms with Gasteiger partial charge in [-0.2, -0.15) is 0 Å². The zero-order valence-corrected chi connectivity index (χ0v) is 7.16. The first-order chi connectivity index (χ1) is 5.27. The minimum Gasteiger partial charge on any atom is -0.396 e. The topological polar surface area (TPSA) is 49.5 Å². The van der Waals surface area contributed by atoms with E-state index in [1.165, 1.54) is 0 Å². The Hall–Kier alpha value is -0.120. The van der Waals surface area contributed by atoms with Crippen molar-refractivity contribution < 1.29 is 5.11 Å². The molecule has 3 heteroatoms. The Bertz CT molecular complexity index is 119. The Labute approximate surface area is 68.2 Å². The van der Waals surface area contributed by atoms with Crippen molar-refractivity contribution in [3.05, 3.63) is 0 Å². The number of rotatable bonds is 2. The monoisotopic (exact) mass is 158 g/mol. The lowest BCUT2D eigenvalue weighted by Gasteiger charge is -2.35. The highest BCUT2D eigenvalue weighted by Crippen LogP contribution is 2.20. The molecule has 0 radical (unpaired) electrons. The number of aliphatic hydroxyl groups excluding tert-OH is 1. The first-order valence-corrected chi connectivity index (χ1v) is 4.27. The third-order valence-corrected chi connectivity index (χ3v) is 2.63. The smallest absolute Gasteiger partial charge is 0.0474 e. The van der Waals surface area contributed by atoms with Crippen LogP contribution in [-0.4, -0.2) is 43.3 Å². The highest BCUT2D eigenvalue weighted by atomic mass is 16.3. The Morgan fingerprint density at radius 3 is 2.82 bits per heavy atom. The normalized spacial score (nSPS) is 34.1. The minimum absolute atomic E-state index is 0.284. The molecule has 3 N–H and O–H groups in total. The number of nitrogens with zero attached hydrogens (tertiary/aromatic N) is 1. The number of hydrogen-bond donors (Lipinski definition) is 2. The first-order valence-electron chi connectivity index (χ1n) is 4.27. The van der Waals surface area contributed by atoms with Gasteiger partial charge in [-0.3, -0.25) is 0 Å². The third-order valence-electron chi connectivity index (χ3n) is 2.63. The molecule has 1 heterocycles. The summed E-state index contributed by atoms with van der Waals surface area (Å²) >= 11 is 0. The number of nitrogens with two attached hydrogens (primary N) is 1. The summed E-state index contributed by atoms with van der Waals surface area (Å²) in [6.45, 7) is 3.13. The van der Waals surface area contributed by atoms with E-state index in [9.17, 15) is 0 Å². The van der Waals surface area contributed by atoms with Crippen LogP contribution in [0.25, 0.3) is 0 Å². The largest absolute Gasteiger partial charge is 0.396 e. The van der Waals surface area contributed by atoms with Gasteiger partial charge in [0.15, 0.2) is 0 Å². The third kappa shape index (κ3) is 2.15. The lowest BCUT2D eigenvalue weighted by atomic mass is 9.86. The molecule has 1 aliphatic heterocycles. The molecule has 2 atom stereocenters. The summed E-state index contributed by atoms with van der Waals surface area (Å²) in [5.74, 6) is 0.940. The van der Waals surface area contributed by atoms with Gasteiger partial charge in [-0.05, 0) is 38.4 Å². The molecule has 0 aromatic heterocycles. The van der Waals surface area contributed by atoms with Crippen molar-refractivity contribution in [2.24, 2.45) is 17.6 Å². The van der Waals surface area contributed by atoms with Crippen LogP contribution in [0.3, 0.4) is 0 Å². The van der Waals surface area contributed by atoms with Crippen LogP contribution < -0.4 is 5.73 Å². The molecule has 0 aromatic rings. The molecular formula is C8H18N2O. The summed E-state index contributed by atoms with van der Waals surface area (Å²) in [6.07, 6.45) is 1.14. The van der Waals surface area contributed by atoms with Gasteiger partial charge >= 0.3 is 0 Å². The zero-order valence-electron chi connectivity index (χ0n) is 7.16. The molecule has 1 aliphatic rings. The number of aliphatic hydroxyl groups is 1. The minimum atomic E-state index is 0.284. The molecule has 0 spiro atoms. The van der Waals surface area contributed by atoms with Crippen LogP contribution >= 0.6 is 0 Å². The van der Waals surface area contributed by atoms with E-state index in [4.69, 9.17) is 10.8 Å². The van der Waals surface area contributed by atoms with Crippen LogP contribution in [-0.2, 0) is 0 Å². The molecule has 11 heavy (non-hydrogen) atoms. The van der Waals surface area contributed by atoms with Gasteiger partial charge in [-0.1, -0.05) is 0 Å². The zero-order chi connectivity index (χ0) is 8.27. The highest BCUT2D eigenvalue weighted by Gasteiger charge is 2.25. The Morgan fingerprint density at radius 2 is 2.27 bits per heavy atom. The number of piperidine rings is 1. The SMILES string of the molecule is CN1CCC(CN)[C@@H](CO)C1. The fourth-order valence-corrected chi connectivity index (χ4v) is 1.78. The maximum Gasteiger partial charge on any atom is 0.0474 e. The second-order valence-corrected chi connectivity index (χ2v) is 3.49. The van der Waals surface area contributed by atoms with E-state index < -0.39 is 0 Å². The van der Waals surface area contributed by atoms with Crippen molar-refractivity contribution in [3.63, 3.8) is 0 Å². The molecule has 0 aromatic carbocycles. The van der Waals surface area contributed by atoms with Gasteiger partial charge in [-0.15, -0.1) is 0 Å². The van der Waals surface area contributed by atoms with E-state index in [-0.39, 0.29) is 6.61 Å². The average Bonchev–Trinajstić information content (AvgIpc) is 2.04. The number of likely N-dealkylation sites (tertiary alicyclic amines) is 1. The van der Waals surface area contributed by atoms with Crippen molar-refractivity contribution in [3.8, 4) is 0 Å². The van der Waals surface area contributed by atoms with Crippen molar-refractivity contribution in [2.45, 2.75) is 6.42 Å². The Balaban J connectivity index is 2.41. The maximum atomic E-state index is 9.03. The fourth-order valence-electron chi connectivity index (χ4n) is 1.78. The van der Waals surface area contributed by atoms with Crippen molar-refractivity contribution in [1.82, 2.24) is 4.90 Å². The lowest BCUT2D eigenvalue weighted by molar-refractivity contribution is 0.0905. The first kappa shape index (κ1) is 8.97. The van der Waals surface area contributed by atoms with Crippen LogP contribution in [0.4, 0.5) is 0 Å². The molecule has 0 aliphatic carbocycles. The Morgan fingerprint density at radius 1 is 1.55 bits per heavy atom. The van der Waals surface area contributed by atoms with Crippen LogP contribution in [0.15, 0.2) is 0 Å². The van der Waals surface area contributed by atoms with Crippen LogP contribution in [0.2, 0.25) is 0 Å². The van der Waals surface area contributed by atoms with E-state index in [1.54, 1.807) is 0 Å². The summed E-state index contributed by atoms with van der Waals surface area (Å²) in [4.78, 5) is 2.26.